The van der Waals surface area contributed by atoms with Gasteiger partial charge in [0.1, 0.15) is 0 Å². The zero-order chi connectivity index (χ0) is 19.9. The Morgan fingerprint density at radius 3 is 2.50 bits per heavy atom. The fourth-order valence-electron chi connectivity index (χ4n) is 4.10. The van der Waals surface area contributed by atoms with Crippen molar-refractivity contribution in [3.8, 4) is 0 Å². The molecule has 0 radical (unpaired) electrons. The number of para-hydroxylation sites is 1. The first-order valence-electron chi connectivity index (χ1n) is 9.95. The molecule has 4 amide bonds. The number of hydroxylamine groups is 2. The Labute approximate surface area is 165 Å². The number of nitrogens with zero attached hydrogens (tertiary/aromatic N) is 3. The van der Waals surface area contributed by atoms with Crippen LogP contribution in [0.4, 0.5) is 10.5 Å². The lowest BCUT2D eigenvalue weighted by Crippen LogP contribution is -2.48. The molecule has 1 saturated heterocycles. The molecule has 1 aliphatic carbocycles. The molecule has 8 nitrogen and oxygen atoms in total. The van der Waals surface area contributed by atoms with Crippen molar-refractivity contribution in [2.24, 2.45) is 5.92 Å². The number of urea groups is 1. The Balaban J connectivity index is 1.61. The average molecular weight is 388 g/mol. The maximum Gasteiger partial charge on any atom is 0.340 e. The lowest BCUT2D eigenvalue weighted by molar-refractivity contribution is -0.166. The van der Waals surface area contributed by atoms with Crippen LogP contribution >= 0.6 is 0 Å². The summed E-state index contributed by atoms with van der Waals surface area (Å²) in [6.45, 7) is 0.901. The molecule has 152 valence electrons. The Bertz CT molecular complexity index is 678. The number of rotatable bonds is 7. The Kier molecular flexibility index (Phi) is 6.86. The molecular formula is C20H28N4O4. The summed E-state index contributed by atoms with van der Waals surface area (Å²) >= 11 is 0. The largest absolute Gasteiger partial charge is 0.340 e. The lowest BCUT2D eigenvalue weighted by Gasteiger charge is -2.31. The first-order chi connectivity index (χ1) is 13.6. The van der Waals surface area contributed by atoms with E-state index in [1.165, 1.54) is 10.0 Å². The standard InChI is InChI=1S/C20H28N4O4/c25-15-24(28)18(13-16-7-4-5-8-16)14-19(26)22-11-6-12-23(22)20(27)21-17-9-2-1-3-10-17/h1-3,9-10,15-16,18,28H,4-8,11-14H2,(H,21,27). The van der Waals surface area contributed by atoms with Crippen LogP contribution < -0.4 is 5.32 Å². The summed E-state index contributed by atoms with van der Waals surface area (Å²) in [5, 5.41) is 16.2. The summed E-state index contributed by atoms with van der Waals surface area (Å²) in [4.78, 5) is 36.5. The topological polar surface area (TPSA) is 93.2 Å². The molecule has 1 aliphatic heterocycles. The second kappa shape index (κ2) is 9.54. The minimum atomic E-state index is -0.562. The number of benzene rings is 1. The fourth-order valence-corrected chi connectivity index (χ4v) is 4.10. The highest BCUT2D eigenvalue weighted by Gasteiger charge is 2.34. The van der Waals surface area contributed by atoms with Crippen LogP contribution in [-0.4, -0.2) is 57.8 Å². The number of hydrogen-bond donors (Lipinski definition) is 2. The molecule has 1 aromatic carbocycles. The van der Waals surface area contributed by atoms with Gasteiger partial charge in [-0.2, -0.15) is 0 Å². The number of amides is 4. The first kappa shape index (κ1) is 20.1. The minimum absolute atomic E-state index is 0.000850. The predicted octanol–water partition coefficient (Wildman–Crippen LogP) is 2.85. The highest BCUT2D eigenvalue weighted by molar-refractivity contribution is 5.91. The highest BCUT2D eigenvalue weighted by Crippen LogP contribution is 2.30. The van der Waals surface area contributed by atoms with Gasteiger partial charge in [-0.05, 0) is 30.9 Å². The van der Waals surface area contributed by atoms with E-state index in [0.717, 1.165) is 25.7 Å². The maximum absolute atomic E-state index is 12.9. The van der Waals surface area contributed by atoms with E-state index in [1.54, 1.807) is 12.1 Å². The van der Waals surface area contributed by atoms with Crippen molar-refractivity contribution < 1.29 is 19.6 Å². The summed E-state index contributed by atoms with van der Waals surface area (Å²) in [6.07, 6.45) is 6.08. The van der Waals surface area contributed by atoms with Gasteiger partial charge in [-0.1, -0.05) is 43.9 Å². The van der Waals surface area contributed by atoms with Crippen LogP contribution in [0.15, 0.2) is 30.3 Å². The van der Waals surface area contributed by atoms with Crippen molar-refractivity contribution >= 4 is 24.0 Å². The first-order valence-corrected chi connectivity index (χ1v) is 9.95. The molecule has 2 fully saturated rings. The van der Waals surface area contributed by atoms with Gasteiger partial charge in [0, 0.05) is 18.8 Å². The molecule has 8 heteroatoms. The third-order valence-corrected chi connectivity index (χ3v) is 5.55. The van der Waals surface area contributed by atoms with Crippen molar-refractivity contribution in [3.05, 3.63) is 30.3 Å². The number of carbonyl (C=O) groups excluding carboxylic acids is 3. The van der Waals surface area contributed by atoms with Crippen LogP contribution in [0.5, 0.6) is 0 Å². The number of hydrazine groups is 1. The lowest BCUT2D eigenvalue weighted by atomic mass is 9.96. The SMILES string of the molecule is O=CN(O)C(CC(=O)N1CCCN1C(=O)Nc1ccccc1)CC1CCCC1. The number of carbonyl (C=O) groups is 3. The van der Waals surface area contributed by atoms with Gasteiger partial charge < -0.3 is 5.32 Å². The number of hydrogen-bond acceptors (Lipinski definition) is 4. The molecule has 1 atom stereocenters. The quantitative estimate of drug-likeness (QED) is 0.427. The zero-order valence-electron chi connectivity index (χ0n) is 16.0. The number of anilines is 1. The predicted molar refractivity (Wildman–Crippen MR) is 103 cm³/mol. The second-order valence-electron chi connectivity index (χ2n) is 7.52. The normalized spacial score (nSPS) is 18.2. The van der Waals surface area contributed by atoms with Crippen LogP contribution in [0.25, 0.3) is 0 Å². The van der Waals surface area contributed by atoms with Crippen molar-refractivity contribution in [3.63, 3.8) is 0 Å². The van der Waals surface area contributed by atoms with E-state index in [1.807, 2.05) is 18.2 Å². The van der Waals surface area contributed by atoms with Gasteiger partial charge in [-0.15, -0.1) is 0 Å². The van der Waals surface area contributed by atoms with Gasteiger partial charge in [0.05, 0.1) is 12.5 Å². The Hall–Kier alpha value is -2.61. The van der Waals surface area contributed by atoms with Crippen LogP contribution in [0.1, 0.15) is 44.9 Å². The Morgan fingerprint density at radius 2 is 1.82 bits per heavy atom. The maximum atomic E-state index is 12.9. The monoisotopic (exact) mass is 388 g/mol. The molecule has 2 aliphatic rings. The fraction of sp³-hybridized carbons (Fsp3) is 0.550. The molecule has 1 heterocycles. The van der Waals surface area contributed by atoms with Gasteiger partial charge in [0.25, 0.3) is 0 Å². The number of nitrogens with one attached hydrogen (secondary N) is 1. The minimum Gasteiger partial charge on any atom is -0.306 e. The summed E-state index contributed by atoms with van der Waals surface area (Å²) < 4.78 is 0. The molecule has 28 heavy (non-hydrogen) atoms. The molecule has 3 rings (SSSR count). The second-order valence-corrected chi connectivity index (χ2v) is 7.52. The van der Waals surface area contributed by atoms with Crippen LogP contribution in [0.3, 0.4) is 0 Å². The van der Waals surface area contributed by atoms with Crippen molar-refractivity contribution in [2.75, 3.05) is 18.4 Å². The third-order valence-electron chi connectivity index (χ3n) is 5.55. The molecule has 1 unspecified atom stereocenters. The average Bonchev–Trinajstić information content (AvgIpc) is 3.39. The van der Waals surface area contributed by atoms with Gasteiger partial charge in [0.15, 0.2) is 0 Å². The van der Waals surface area contributed by atoms with Crippen LogP contribution in [0.2, 0.25) is 0 Å². The van der Waals surface area contributed by atoms with Crippen molar-refractivity contribution in [1.82, 2.24) is 15.1 Å². The molecule has 1 saturated carbocycles. The van der Waals surface area contributed by atoms with E-state index in [4.69, 9.17) is 0 Å². The summed E-state index contributed by atoms with van der Waals surface area (Å²) in [6, 6.07) is 8.15. The molecule has 0 spiro atoms. The van der Waals surface area contributed by atoms with Gasteiger partial charge in [-0.25, -0.2) is 19.9 Å². The third kappa shape index (κ3) is 5.01. The highest BCUT2D eigenvalue weighted by atomic mass is 16.5. The zero-order valence-corrected chi connectivity index (χ0v) is 16.0. The molecule has 1 aromatic rings. The Morgan fingerprint density at radius 1 is 1.14 bits per heavy atom. The summed E-state index contributed by atoms with van der Waals surface area (Å²) in [7, 11) is 0. The van der Waals surface area contributed by atoms with Gasteiger partial charge >= 0.3 is 6.03 Å². The van der Waals surface area contributed by atoms with E-state index in [2.05, 4.69) is 5.32 Å². The smallest absolute Gasteiger partial charge is 0.306 e. The molecule has 0 aromatic heterocycles. The van der Waals surface area contributed by atoms with E-state index < -0.39 is 6.04 Å². The van der Waals surface area contributed by atoms with Crippen molar-refractivity contribution in [1.29, 1.82) is 0 Å². The van der Waals surface area contributed by atoms with E-state index in [0.29, 0.717) is 49.0 Å². The molecular weight excluding hydrogens is 360 g/mol. The van der Waals surface area contributed by atoms with Gasteiger partial charge in [-0.3, -0.25) is 14.8 Å². The van der Waals surface area contributed by atoms with Crippen LogP contribution in [0, 0.1) is 5.92 Å². The van der Waals surface area contributed by atoms with E-state index in [-0.39, 0.29) is 18.4 Å². The molecule has 0 bridgehead atoms. The summed E-state index contributed by atoms with van der Waals surface area (Å²) in [5.41, 5.74) is 0.661. The van der Waals surface area contributed by atoms with Gasteiger partial charge in [0.2, 0.25) is 12.3 Å². The molecule has 2 N–H and O–H groups in total. The van der Waals surface area contributed by atoms with E-state index in [9.17, 15) is 19.6 Å². The van der Waals surface area contributed by atoms with Crippen molar-refractivity contribution in [2.45, 2.75) is 51.0 Å². The summed E-state index contributed by atoms with van der Waals surface area (Å²) in [5.74, 6) is 0.160. The van der Waals surface area contributed by atoms with Crippen LogP contribution in [-0.2, 0) is 9.59 Å². The van der Waals surface area contributed by atoms with E-state index >= 15 is 0 Å².